The summed E-state index contributed by atoms with van der Waals surface area (Å²) in [7, 11) is 1.73. The van der Waals surface area contributed by atoms with Gasteiger partial charge in [0, 0.05) is 44.9 Å². The Labute approximate surface area is 221 Å². The summed E-state index contributed by atoms with van der Waals surface area (Å²) in [5.41, 5.74) is 0.459. The van der Waals surface area contributed by atoms with Crippen molar-refractivity contribution in [1.29, 1.82) is 0 Å². The summed E-state index contributed by atoms with van der Waals surface area (Å²) in [5, 5.41) is 19.4. The summed E-state index contributed by atoms with van der Waals surface area (Å²) in [5.74, 6) is 1.44. The average Bonchev–Trinajstić information content (AvgIpc) is 3.41. The number of nitrogens with zero attached hydrogens (tertiary/aromatic N) is 5. The Morgan fingerprint density at radius 3 is 2.56 bits per heavy atom. The average molecular weight is 544 g/mol. The number of alkyl halides is 3. The summed E-state index contributed by atoms with van der Waals surface area (Å²) in [4.78, 5) is 19.9. The van der Waals surface area contributed by atoms with Gasteiger partial charge in [0.2, 0.25) is 11.9 Å². The summed E-state index contributed by atoms with van der Waals surface area (Å²) in [6, 6.07) is 9.44. The highest BCUT2D eigenvalue weighted by molar-refractivity contribution is 5.87. The number of fused-ring (bicyclic) bond motifs is 1. The van der Waals surface area contributed by atoms with Crippen molar-refractivity contribution in [3.8, 4) is 11.5 Å². The predicted octanol–water partition coefficient (Wildman–Crippen LogP) is 5.23. The highest BCUT2D eigenvalue weighted by Crippen LogP contribution is 2.35. The molecule has 0 saturated heterocycles. The van der Waals surface area contributed by atoms with Crippen LogP contribution in [-0.2, 0) is 24.6 Å². The third kappa shape index (κ3) is 6.14. The van der Waals surface area contributed by atoms with E-state index in [4.69, 9.17) is 4.74 Å². The number of hydrogen-bond acceptors (Lipinski definition) is 7. The van der Waals surface area contributed by atoms with Crippen molar-refractivity contribution in [2.75, 3.05) is 10.6 Å². The van der Waals surface area contributed by atoms with Gasteiger partial charge in [-0.25, -0.2) is 9.97 Å². The quantitative estimate of drug-likeness (QED) is 0.292. The van der Waals surface area contributed by atoms with Crippen molar-refractivity contribution in [3.63, 3.8) is 0 Å². The summed E-state index contributed by atoms with van der Waals surface area (Å²) < 4.78 is 50.0. The number of aryl methyl sites for hydroxylation is 1. The maximum Gasteiger partial charge on any atom is 0.433 e. The van der Waals surface area contributed by atoms with E-state index in [1.54, 1.807) is 41.9 Å². The van der Waals surface area contributed by atoms with Crippen LogP contribution < -0.4 is 15.4 Å². The molecule has 4 aromatic rings. The third-order valence-electron chi connectivity index (χ3n) is 6.68. The van der Waals surface area contributed by atoms with E-state index >= 15 is 0 Å². The molecular weight excluding hydrogens is 515 g/mol. The second-order valence-corrected chi connectivity index (χ2v) is 9.70. The lowest BCUT2D eigenvalue weighted by atomic mass is 9.87. The smallest absolute Gasteiger partial charge is 0.433 e. The van der Waals surface area contributed by atoms with Crippen LogP contribution >= 0.6 is 0 Å². The Balaban J connectivity index is 1.36. The predicted molar refractivity (Wildman–Crippen MR) is 138 cm³/mol. The number of anilines is 3. The summed E-state index contributed by atoms with van der Waals surface area (Å²) in [6.45, 7) is 1.51. The number of imidazole rings is 1. The Kier molecular flexibility index (Phi) is 7.17. The molecule has 1 fully saturated rings. The van der Waals surface area contributed by atoms with Gasteiger partial charge in [0.1, 0.15) is 23.0 Å². The van der Waals surface area contributed by atoms with Crippen LogP contribution in [0, 0.1) is 5.92 Å². The van der Waals surface area contributed by atoms with E-state index in [0.29, 0.717) is 60.0 Å². The third-order valence-corrected chi connectivity index (χ3v) is 6.68. The Bertz CT molecular complexity index is 1490. The fraction of sp³-hybridized carbons (Fsp3) is 0.385. The number of pyridine rings is 1. The van der Waals surface area contributed by atoms with E-state index in [-0.39, 0.29) is 30.3 Å². The number of ether oxygens (including phenoxy) is 1. The first-order valence-electron chi connectivity index (χ1n) is 12.5. The monoisotopic (exact) mass is 543 g/mol. The topological polar surface area (TPSA) is 119 Å². The molecule has 0 aliphatic heterocycles. The molecule has 0 unspecified atom stereocenters. The molecule has 206 valence electrons. The van der Waals surface area contributed by atoms with Crippen LogP contribution in [-0.4, -0.2) is 41.4 Å². The number of halogens is 3. The highest BCUT2D eigenvalue weighted by atomic mass is 19.4. The van der Waals surface area contributed by atoms with Gasteiger partial charge in [-0.2, -0.15) is 18.3 Å². The number of carbonyl (C=O) groups excluding carboxylic acids is 1. The first-order chi connectivity index (χ1) is 18.5. The zero-order valence-corrected chi connectivity index (χ0v) is 21.4. The van der Waals surface area contributed by atoms with Crippen molar-refractivity contribution < 1.29 is 27.8 Å². The van der Waals surface area contributed by atoms with Gasteiger partial charge in [-0.05, 0) is 49.8 Å². The zero-order valence-electron chi connectivity index (χ0n) is 21.4. The summed E-state index contributed by atoms with van der Waals surface area (Å²) >= 11 is 0. The number of aliphatic hydroxyl groups is 1. The molecule has 5 rings (SSSR count). The lowest BCUT2D eigenvalue weighted by molar-refractivity contribution is -0.144. The minimum absolute atomic E-state index is 0.0196. The van der Waals surface area contributed by atoms with E-state index < -0.39 is 11.9 Å². The van der Waals surface area contributed by atoms with Gasteiger partial charge in [-0.3, -0.25) is 9.48 Å². The van der Waals surface area contributed by atoms with Gasteiger partial charge < -0.3 is 25.0 Å². The Morgan fingerprint density at radius 2 is 1.85 bits per heavy atom. The lowest BCUT2D eigenvalue weighted by Gasteiger charge is -2.25. The van der Waals surface area contributed by atoms with Crippen LogP contribution in [0.1, 0.15) is 38.3 Å². The number of rotatable bonds is 7. The second kappa shape index (κ2) is 10.6. The molecule has 0 atom stereocenters. The van der Waals surface area contributed by atoms with Crippen molar-refractivity contribution >= 4 is 34.5 Å². The number of hydrogen-bond donors (Lipinski definition) is 3. The van der Waals surface area contributed by atoms with Gasteiger partial charge in [0.15, 0.2) is 5.82 Å². The highest BCUT2D eigenvalue weighted by Gasteiger charge is 2.37. The van der Waals surface area contributed by atoms with Crippen LogP contribution in [0.2, 0.25) is 0 Å². The van der Waals surface area contributed by atoms with Gasteiger partial charge in [0.05, 0.1) is 17.1 Å². The molecule has 0 radical (unpaired) electrons. The van der Waals surface area contributed by atoms with Gasteiger partial charge in [0.25, 0.3) is 0 Å². The van der Waals surface area contributed by atoms with E-state index in [1.807, 2.05) is 0 Å². The maximum absolute atomic E-state index is 13.8. The fourth-order valence-corrected chi connectivity index (χ4v) is 4.74. The standard InChI is InChI=1S/C26H28F3N7O3/c1-15(37)31-23-12-19(9-10-30-23)39-18-7-8-20-21(11-18)35(2)25(32-20)33-24-13-22(26(27,28)29)36(34-24)14-16-3-5-17(38)6-4-16/h7-13,16-17,38H,3-6,14H2,1-2H3,(H,30,31,37)(H,32,33,34)/t16-,17+. The first-order valence-corrected chi connectivity index (χ1v) is 12.5. The van der Waals surface area contributed by atoms with Gasteiger partial charge in [-0.15, -0.1) is 0 Å². The van der Waals surface area contributed by atoms with E-state index in [1.165, 1.54) is 13.1 Å². The van der Waals surface area contributed by atoms with Crippen molar-refractivity contribution in [3.05, 3.63) is 48.3 Å². The van der Waals surface area contributed by atoms with Crippen molar-refractivity contribution in [2.45, 2.75) is 51.4 Å². The van der Waals surface area contributed by atoms with Crippen molar-refractivity contribution in [1.82, 2.24) is 24.3 Å². The Morgan fingerprint density at radius 1 is 1.10 bits per heavy atom. The summed E-state index contributed by atoms with van der Waals surface area (Å²) in [6.07, 6.45) is -0.950. The number of carbonyl (C=O) groups is 1. The molecule has 1 saturated carbocycles. The molecule has 1 aromatic carbocycles. The number of amides is 1. The van der Waals surface area contributed by atoms with Gasteiger partial charge >= 0.3 is 6.18 Å². The van der Waals surface area contributed by atoms with Crippen LogP contribution in [0.15, 0.2) is 42.6 Å². The van der Waals surface area contributed by atoms with E-state index in [2.05, 4.69) is 25.7 Å². The molecule has 3 N–H and O–H groups in total. The molecule has 13 heteroatoms. The molecule has 10 nitrogen and oxygen atoms in total. The van der Waals surface area contributed by atoms with E-state index in [9.17, 15) is 23.1 Å². The molecule has 1 amide bonds. The molecule has 1 aliphatic carbocycles. The van der Waals surface area contributed by atoms with E-state index in [0.717, 1.165) is 10.7 Å². The second-order valence-electron chi connectivity index (χ2n) is 9.70. The molecule has 3 heterocycles. The number of aliphatic hydroxyl groups excluding tert-OH is 1. The zero-order chi connectivity index (χ0) is 27.7. The molecule has 39 heavy (non-hydrogen) atoms. The first kappa shape index (κ1) is 26.5. The number of nitrogens with one attached hydrogen (secondary N) is 2. The minimum Gasteiger partial charge on any atom is -0.457 e. The van der Waals surface area contributed by atoms with Crippen LogP contribution in [0.5, 0.6) is 11.5 Å². The minimum atomic E-state index is -4.56. The molecule has 0 bridgehead atoms. The van der Waals surface area contributed by atoms with Crippen LogP contribution in [0.4, 0.5) is 30.8 Å². The normalized spacial score (nSPS) is 17.8. The fourth-order valence-electron chi connectivity index (χ4n) is 4.74. The molecule has 1 aliphatic rings. The largest absolute Gasteiger partial charge is 0.457 e. The SMILES string of the molecule is CC(=O)Nc1cc(Oc2ccc3nc(Nc4cc(C(F)(F)F)n(C[C@H]5CC[C@@H](O)CC5)n4)n(C)c3c2)ccn1. The van der Waals surface area contributed by atoms with Gasteiger partial charge in [-0.1, -0.05) is 0 Å². The van der Waals surface area contributed by atoms with Crippen molar-refractivity contribution in [2.24, 2.45) is 13.0 Å². The Hall–Kier alpha value is -4.13. The number of aromatic nitrogens is 5. The number of benzene rings is 1. The van der Waals surface area contributed by atoms with Crippen LogP contribution in [0.25, 0.3) is 11.0 Å². The lowest BCUT2D eigenvalue weighted by Crippen LogP contribution is -2.24. The maximum atomic E-state index is 13.8. The van der Waals surface area contributed by atoms with Crippen LogP contribution in [0.3, 0.4) is 0 Å². The molecular formula is C26H28F3N7O3. The molecule has 0 spiro atoms. The molecule has 3 aromatic heterocycles.